The van der Waals surface area contributed by atoms with Gasteiger partial charge in [-0.05, 0) is 52.7 Å². The lowest BCUT2D eigenvalue weighted by Gasteiger charge is -2.18. The van der Waals surface area contributed by atoms with Crippen LogP contribution in [0.1, 0.15) is 65.5 Å². The van der Waals surface area contributed by atoms with Gasteiger partial charge in [0.2, 0.25) is 6.29 Å². The van der Waals surface area contributed by atoms with E-state index in [9.17, 15) is 19.2 Å². The quantitative estimate of drug-likeness (QED) is 0.0968. The highest BCUT2D eigenvalue weighted by Crippen LogP contribution is 2.10. The summed E-state index contributed by atoms with van der Waals surface area (Å²) in [6.45, 7) is 18.0. The second-order valence-corrected chi connectivity index (χ2v) is 10.2. The summed E-state index contributed by atoms with van der Waals surface area (Å²) in [7, 11) is 0. The van der Waals surface area contributed by atoms with E-state index in [1.54, 1.807) is 13.8 Å². The van der Waals surface area contributed by atoms with E-state index in [4.69, 9.17) is 28.4 Å². The van der Waals surface area contributed by atoms with Gasteiger partial charge < -0.3 is 28.4 Å². The lowest BCUT2D eigenvalue weighted by atomic mass is 10.2. The van der Waals surface area contributed by atoms with E-state index in [2.05, 4.69) is 13.2 Å². The Balaban J connectivity index is 0.000000443. The molecule has 0 aliphatic rings. The van der Waals surface area contributed by atoms with Gasteiger partial charge in [0.1, 0.15) is 13.2 Å². The van der Waals surface area contributed by atoms with Crippen molar-refractivity contribution in [2.45, 2.75) is 92.4 Å². The van der Waals surface area contributed by atoms with Gasteiger partial charge in [0.05, 0.1) is 25.0 Å². The Hall–Kier alpha value is -4.28. The molecule has 2 rings (SSSR count). The molecule has 2 atom stereocenters. The summed E-state index contributed by atoms with van der Waals surface area (Å²) in [6.07, 6.45) is -1.94. The fourth-order valence-electron chi connectivity index (χ4n) is 3.39. The summed E-state index contributed by atoms with van der Waals surface area (Å²) in [4.78, 5) is 46.8. The Morgan fingerprint density at radius 2 is 0.977 bits per heavy atom. The molecule has 2 aromatic carbocycles. The molecule has 0 aliphatic heterocycles. The first-order valence-corrected chi connectivity index (χ1v) is 14.2. The maximum absolute atomic E-state index is 11.8. The Kier molecular flexibility index (Phi) is 17.7. The Bertz CT molecular complexity index is 1210. The smallest absolute Gasteiger partial charge is 0.336 e. The van der Waals surface area contributed by atoms with Crippen molar-refractivity contribution >= 4 is 23.9 Å². The molecule has 44 heavy (non-hydrogen) atoms. The van der Waals surface area contributed by atoms with Crippen LogP contribution in [0.5, 0.6) is 0 Å². The Morgan fingerprint density at radius 3 is 1.45 bits per heavy atom. The monoisotopic (exact) mass is 612 g/mol. The van der Waals surface area contributed by atoms with Gasteiger partial charge in [0, 0.05) is 11.1 Å². The fraction of sp³-hybridized carbons (Fsp3) is 0.412. The third-order valence-electron chi connectivity index (χ3n) is 5.25. The summed E-state index contributed by atoms with van der Waals surface area (Å²) in [5.41, 5.74) is 1.85. The number of benzene rings is 2. The van der Waals surface area contributed by atoms with Crippen LogP contribution in [0.2, 0.25) is 0 Å². The predicted molar refractivity (Wildman–Crippen MR) is 164 cm³/mol. The molecule has 240 valence electrons. The zero-order chi connectivity index (χ0) is 33.1. The van der Waals surface area contributed by atoms with Gasteiger partial charge in [0.25, 0.3) is 0 Å². The molecule has 0 aliphatic carbocycles. The van der Waals surface area contributed by atoms with E-state index in [1.165, 1.54) is 0 Å². The molecule has 0 heterocycles. The normalized spacial score (nSPS) is 11.8. The van der Waals surface area contributed by atoms with Crippen molar-refractivity contribution in [1.82, 2.24) is 0 Å². The first kappa shape index (κ1) is 37.7. The van der Waals surface area contributed by atoms with Gasteiger partial charge in [-0.25, -0.2) is 9.59 Å². The van der Waals surface area contributed by atoms with Crippen molar-refractivity contribution in [3.63, 3.8) is 0 Å². The third kappa shape index (κ3) is 17.6. The van der Waals surface area contributed by atoms with Crippen molar-refractivity contribution in [3.8, 4) is 0 Å². The number of esters is 4. The van der Waals surface area contributed by atoms with Crippen LogP contribution < -0.4 is 0 Å². The molecular weight excluding hydrogens is 568 g/mol. The number of carbonyl (C=O) groups excluding carboxylic acids is 4. The van der Waals surface area contributed by atoms with Gasteiger partial charge in [0.15, 0.2) is 6.29 Å². The molecule has 0 saturated carbocycles. The van der Waals surface area contributed by atoms with Crippen LogP contribution >= 0.6 is 0 Å². The van der Waals surface area contributed by atoms with Crippen LogP contribution in [0, 0.1) is 0 Å². The maximum atomic E-state index is 11.8. The number of carbonyl (C=O) groups is 4. The summed E-state index contributed by atoms with van der Waals surface area (Å²) < 4.78 is 30.7. The second kappa shape index (κ2) is 20.6. The summed E-state index contributed by atoms with van der Waals surface area (Å²) in [5, 5.41) is 0. The van der Waals surface area contributed by atoms with E-state index in [1.807, 2.05) is 88.4 Å². The lowest BCUT2D eigenvalue weighted by molar-refractivity contribution is -0.184. The summed E-state index contributed by atoms with van der Waals surface area (Å²) >= 11 is 0. The highest BCUT2D eigenvalue weighted by atomic mass is 16.7. The molecule has 0 saturated heterocycles. The minimum atomic E-state index is -0.700. The lowest BCUT2D eigenvalue weighted by Crippen LogP contribution is -2.25. The standard InChI is InChI=1S/C19H18O4.C15H26O6/c1-15(19(21)23-14-17-10-6-3-7-11-17)12-18(20)22-13-16-8-4-2-5-9-16;1-9(2)18-12(6)20-14(16)8-11(5)15(17)21-13(7)19-10(3)4/h2-11H,1,12-14H2;9-10,12-13H,5,8H2,1-4,6-7H3. The molecule has 0 spiro atoms. The molecule has 2 aromatic rings. The zero-order valence-corrected chi connectivity index (χ0v) is 26.4. The second-order valence-electron chi connectivity index (χ2n) is 10.2. The van der Waals surface area contributed by atoms with Crippen LogP contribution in [0.3, 0.4) is 0 Å². The average Bonchev–Trinajstić information content (AvgIpc) is 2.95. The summed E-state index contributed by atoms with van der Waals surface area (Å²) in [5.74, 6) is -2.37. The van der Waals surface area contributed by atoms with E-state index in [0.29, 0.717) is 0 Å². The topological polar surface area (TPSA) is 124 Å². The number of hydrogen-bond donors (Lipinski definition) is 0. The Morgan fingerprint density at radius 1 is 0.568 bits per heavy atom. The molecule has 0 radical (unpaired) electrons. The molecule has 2 unspecified atom stereocenters. The van der Waals surface area contributed by atoms with Gasteiger partial charge in [-0.15, -0.1) is 0 Å². The van der Waals surface area contributed by atoms with Gasteiger partial charge in [-0.3, -0.25) is 9.59 Å². The molecule has 0 N–H and O–H groups in total. The largest absolute Gasteiger partial charge is 0.461 e. The highest BCUT2D eigenvalue weighted by Gasteiger charge is 2.19. The number of ether oxygens (including phenoxy) is 6. The van der Waals surface area contributed by atoms with Crippen molar-refractivity contribution in [2.75, 3.05) is 0 Å². The molecule has 10 nitrogen and oxygen atoms in total. The average molecular weight is 613 g/mol. The molecule has 10 heteroatoms. The predicted octanol–water partition coefficient (Wildman–Crippen LogP) is 5.98. The maximum Gasteiger partial charge on any atom is 0.336 e. The van der Waals surface area contributed by atoms with Crippen LogP contribution in [0.25, 0.3) is 0 Å². The van der Waals surface area contributed by atoms with Gasteiger partial charge in [-0.2, -0.15) is 0 Å². The van der Waals surface area contributed by atoms with Crippen LogP contribution in [0.4, 0.5) is 0 Å². The zero-order valence-electron chi connectivity index (χ0n) is 26.4. The number of rotatable bonds is 16. The Labute approximate surface area is 259 Å². The summed E-state index contributed by atoms with van der Waals surface area (Å²) in [6, 6.07) is 18.6. The van der Waals surface area contributed by atoms with E-state index < -0.39 is 36.5 Å². The first-order valence-electron chi connectivity index (χ1n) is 14.2. The minimum Gasteiger partial charge on any atom is -0.461 e. The van der Waals surface area contributed by atoms with E-state index in [0.717, 1.165) is 11.1 Å². The fourth-order valence-corrected chi connectivity index (χ4v) is 3.39. The van der Waals surface area contributed by atoms with E-state index >= 15 is 0 Å². The molecule has 0 aromatic heterocycles. The van der Waals surface area contributed by atoms with Gasteiger partial charge >= 0.3 is 23.9 Å². The van der Waals surface area contributed by atoms with Crippen molar-refractivity contribution in [1.29, 1.82) is 0 Å². The van der Waals surface area contributed by atoms with Crippen molar-refractivity contribution in [2.24, 2.45) is 0 Å². The van der Waals surface area contributed by atoms with E-state index in [-0.39, 0.29) is 49.4 Å². The van der Waals surface area contributed by atoms with Gasteiger partial charge in [-0.1, -0.05) is 73.8 Å². The molecular formula is C34H44O10. The van der Waals surface area contributed by atoms with Crippen LogP contribution in [-0.4, -0.2) is 48.7 Å². The molecule has 0 fully saturated rings. The highest BCUT2D eigenvalue weighted by molar-refractivity contribution is 5.93. The van der Waals surface area contributed by atoms with Crippen molar-refractivity contribution < 1.29 is 47.6 Å². The molecule has 0 amide bonds. The molecule has 0 bridgehead atoms. The van der Waals surface area contributed by atoms with Crippen LogP contribution in [0.15, 0.2) is 85.0 Å². The third-order valence-corrected chi connectivity index (χ3v) is 5.25. The first-order chi connectivity index (χ1) is 20.8. The minimum absolute atomic E-state index is 0.0101. The van der Waals surface area contributed by atoms with Crippen LogP contribution in [-0.2, 0) is 60.8 Å². The SMILES string of the molecule is C=C(CC(=O)OC(C)OC(C)C)C(=O)OC(C)OC(C)C.C=C(CC(=O)OCc1ccccc1)C(=O)OCc1ccccc1. The van der Waals surface area contributed by atoms with Crippen molar-refractivity contribution in [3.05, 3.63) is 96.1 Å². The number of hydrogen-bond acceptors (Lipinski definition) is 10.